The Bertz CT molecular complexity index is 276. The van der Waals surface area contributed by atoms with E-state index < -0.39 is 12.1 Å². The Kier molecular flexibility index (Phi) is 3.33. The number of hydrogen-bond donors (Lipinski definition) is 1. The van der Waals surface area contributed by atoms with E-state index >= 15 is 0 Å². The van der Waals surface area contributed by atoms with E-state index in [0.29, 0.717) is 0 Å². The van der Waals surface area contributed by atoms with Gasteiger partial charge in [-0.25, -0.2) is 14.8 Å². The Morgan fingerprint density at radius 2 is 2.23 bits per heavy atom. The number of methoxy groups -OCH3 is 1. The van der Waals surface area contributed by atoms with Crippen LogP contribution in [0, 0.1) is 0 Å². The van der Waals surface area contributed by atoms with Crippen LogP contribution in [-0.4, -0.2) is 34.3 Å². The number of carbonyl (C=O) groups is 1. The highest BCUT2D eigenvalue weighted by atomic mass is 16.5. The second-order valence-corrected chi connectivity index (χ2v) is 2.51. The molecule has 0 aliphatic rings. The Hall–Kier alpha value is -1.49. The lowest BCUT2D eigenvalue weighted by atomic mass is 10.1. The summed E-state index contributed by atoms with van der Waals surface area (Å²) < 4.78 is 4.76. The number of aliphatic carboxylic acids is 1. The zero-order valence-electron chi connectivity index (χ0n) is 7.17. The number of ether oxygens (including phenoxy) is 1. The van der Waals surface area contributed by atoms with Gasteiger partial charge in [0.1, 0.15) is 6.33 Å². The van der Waals surface area contributed by atoms with E-state index in [2.05, 4.69) is 9.97 Å². The summed E-state index contributed by atoms with van der Waals surface area (Å²) in [6, 6.07) is 0. The third kappa shape index (κ3) is 2.79. The normalized spacial score (nSPS) is 12.4. The summed E-state index contributed by atoms with van der Waals surface area (Å²) >= 11 is 0. The molecule has 5 nitrogen and oxygen atoms in total. The highest BCUT2D eigenvalue weighted by molar-refractivity contribution is 5.72. The molecule has 70 valence electrons. The Balaban J connectivity index is 2.62. The van der Waals surface area contributed by atoms with Gasteiger partial charge >= 0.3 is 5.97 Å². The number of carboxylic acids is 1. The van der Waals surface area contributed by atoms with Crippen molar-refractivity contribution in [3.63, 3.8) is 0 Å². The molecule has 1 aromatic heterocycles. The second kappa shape index (κ2) is 4.51. The van der Waals surface area contributed by atoms with Gasteiger partial charge < -0.3 is 9.84 Å². The fourth-order valence-electron chi connectivity index (χ4n) is 0.921. The molecule has 0 bridgehead atoms. The van der Waals surface area contributed by atoms with Gasteiger partial charge in [0.25, 0.3) is 0 Å². The summed E-state index contributed by atoms with van der Waals surface area (Å²) in [7, 11) is 1.36. The molecular formula is C8H10N2O3. The average molecular weight is 182 g/mol. The van der Waals surface area contributed by atoms with Crippen LogP contribution in [-0.2, 0) is 16.0 Å². The highest BCUT2D eigenvalue weighted by Gasteiger charge is 2.16. The average Bonchev–Trinajstić information content (AvgIpc) is 2.15. The molecule has 1 heterocycles. The third-order valence-corrected chi connectivity index (χ3v) is 1.60. The van der Waals surface area contributed by atoms with Crippen LogP contribution < -0.4 is 0 Å². The number of carboxylic acid groups (broad SMARTS) is 1. The fourth-order valence-corrected chi connectivity index (χ4v) is 0.921. The van der Waals surface area contributed by atoms with Gasteiger partial charge in [0.05, 0.1) is 0 Å². The maximum Gasteiger partial charge on any atom is 0.333 e. The van der Waals surface area contributed by atoms with E-state index in [1.165, 1.54) is 13.4 Å². The van der Waals surface area contributed by atoms with E-state index in [9.17, 15) is 4.79 Å². The maximum absolute atomic E-state index is 10.6. The van der Waals surface area contributed by atoms with Gasteiger partial charge in [0, 0.05) is 25.9 Å². The number of nitrogens with zero attached hydrogens (tertiary/aromatic N) is 2. The van der Waals surface area contributed by atoms with E-state index in [0.717, 1.165) is 5.56 Å². The molecule has 1 atom stereocenters. The SMILES string of the molecule is COC(Cc1cncnc1)C(=O)O. The molecule has 0 spiro atoms. The molecule has 0 aliphatic heterocycles. The second-order valence-electron chi connectivity index (χ2n) is 2.51. The first-order valence-electron chi connectivity index (χ1n) is 3.73. The van der Waals surface area contributed by atoms with Gasteiger partial charge in [-0.15, -0.1) is 0 Å². The lowest BCUT2D eigenvalue weighted by Gasteiger charge is -2.08. The van der Waals surface area contributed by atoms with E-state index in [1.807, 2.05) is 0 Å². The monoisotopic (exact) mass is 182 g/mol. The topological polar surface area (TPSA) is 72.3 Å². The zero-order valence-corrected chi connectivity index (χ0v) is 7.17. The van der Waals surface area contributed by atoms with E-state index in [4.69, 9.17) is 9.84 Å². The van der Waals surface area contributed by atoms with Crippen LogP contribution in [0.15, 0.2) is 18.7 Å². The number of hydrogen-bond acceptors (Lipinski definition) is 4. The molecule has 13 heavy (non-hydrogen) atoms. The van der Waals surface area contributed by atoms with Crippen molar-refractivity contribution < 1.29 is 14.6 Å². The molecule has 5 heteroatoms. The van der Waals surface area contributed by atoms with Crippen LogP contribution >= 0.6 is 0 Å². The van der Waals surface area contributed by atoms with Crippen molar-refractivity contribution in [2.75, 3.05) is 7.11 Å². The molecule has 1 unspecified atom stereocenters. The van der Waals surface area contributed by atoms with Crippen LogP contribution in [0.25, 0.3) is 0 Å². The minimum Gasteiger partial charge on any atom is -0.479 e. The van der Waals surface area contributed by atoms with Gasteiger partial charge in [-0.2, -0.15) is 0 Å². The summed E-state index contributed by atoms with van der Waals surface area (Å²) in [4.78, 5) is 18.1. The van der Waals surface area contributed by atoms with Crippen LogP contribution in [0.2, 0.25) is 0 Å². The van der Waals surface area contributed by atoms with Crippen molar-refractivity contribution in [1.82, 2.24) is 9.97 Å². The van der Waals surface area contributed by atoms with Crippen molar-refractivity contribution >= 4 is 5.97 Å². The minimum atomic E-state index is -0.980. The van der Waals surface area contributed by atoms with Crippen molar-refractivity contribution in [2.24, 2.45) is 0 Å². The molecule has 0 fully saturated rings. The quantitative estimate of drug-likeness (QED) is 0.715. The minimum absolute atomic E-state index is 0.284. The molecule has 1 rings (SSSR count). The molecule has 0 aliphatic carbocycles. The first-order valence-corrected chi connectivity index (χ1v) is 3.73. The molecular weight excluding hydrogens is 172 g/mol. The number of aromatic nitrogens is 2. The van der Waals surface area contributed by atoms with Gasteiger partial charge in [-0.05, 0) is 5.56 Å². The van der Waals surface area contributed by atoms with Gasteiger partial charge in [-0.3, -0.25) is 0 Å². The van der Waals surface area contributed by atoms with Crippen LogP contribution in [0.3, 0.4) is 0 Å². The van der Waals surface area contributed by atoms with Crippen molar-refractivity contribution in [3.8, 4) is 0 Å². The van der Waals surface area contributed by atoms with Crippen LogP contribution in [0.5, 0.6) is 0 Å². The summed E-state index contributed by atoms with van der Waals surface area (Å²) in [5.74, 6) is -0.980. The molecule has 0 saturated carbocycles. The predicted octanol–water partition coefficient (Wildman–Crippen LogP) is 0.119. The first-order chi connectivity index (χ1) is 6.24. The Labute approximate surface area is 75.4 Å². The largest absolute Gasteiger partial charge is 0.479 e. The maximum atomic E-state index is 10.6. The molecule has 0 saturated heterocycles. The zero-order chi connectivity index (χ0) is 9.68. The van der Waals surface area contributed by atoms with Crippen molar-refractivity contribution in [1.29, 1.82) is 0 Å². The molecule has 0 amide bonds. The van der Waals surface area contributed by atoms with Crippen LogP contribution in [0.4, 0.5) is 0 Å². The molecule has 1 N–H and O–H groups in total. The first kappa shape index (κ1) is 9.60. The van der Waals surface area contributed by atoms with Crippen molar-refractivity contribution in [3.05, 3.63) is 24.3 Å². The summed E-state index contributed by atoms with van der Waals surface area (Å²) in [6.45, 7) is 0. The summed E-state index contributed by atoms with van der Waals surface area (Å²) in [5, 5.41) is 8.67. The number of rotatable bonds is 4. The van der Waals surface area contributed by atoms with Gasteiger partial charge in [0.15, 0.2) is 6.10 Å². The summed E-state index contributed by atoms with van der Waals surface area (Å²) in [5.41, 5.74) is 0.747. The lowest BCUT2D eigenvalue weighted by Crippen LogP contribution is -2.24. The standard InChI is InChI=1S/C8H10N2O3/c1-13-7(8(11)12)2-6-3-9-5-10-4-6/h3-5,7H,2H2,1H3,(H,11,12). The molecule has 1 aromatic rings. The summed E-state index contributed by atoms with van der Waals surface area (Å²) in [6.07, 6.45) is 3.99. The fraction of sp³-hybridized carbons (Fsp3) is 0.375. The van der Waals surface area contributed by atoms with Crippen molar-refractivity contribution in [2.45, 2.75) is 12.5 Å². The molecule has 0 aromatic carbocycles. The Morgan fingerprint density at radius 1 is 1.62 bits per heavy atom. The predicted molar refractivity (Wildman–Crippen MR) is 44.2 cm³/mol. The van der Waals surface area contributed by atoms with Gasteiger partial charge in [0.2, 0.25) is 0 Å². The van der Waals surface area contributed by atoms with E-state index in [1.54, 1.807) is 12.4 Å². The third-order valence-electron chi connectivity index (χ3n) is 1.60. The highest BCUT2D eigenvalue weighted by Crippen LogP contribution is 2.02. The lowest BCUT2D eigenvalue weighted by molar-refractivity contribution is -0.148. The smallest absolute Gasteiger partial charge is 0.333 e. The molecule has 0 radical (unpaired) electrons. The van der Waals surface area contributed by atoms with Crippen LogP contribution in [0.1, 0.15) is 5.56 Å². The van der Waals surface area contributed by atoms with Gasteiger partial charge in [-0.1, -0.05) is 0 Å². The Morgan fingerprint density at radius 3 is 2.69 bits per heavy atom. The van der Waals surface area contributed by atoms with E-state index in [-0.39, 0.29) is 6.42 Å².